The minimum absolute atomic E-state index is 0.0225. The number of amides is 2. The molecule has 0 radical (unpaired) electrons. The summed E-state index contributed by atoms with van der Waals surface area (Å²) in [7, 11) is 0. The molecule has 1 saturated heterocycles. The van der Waals surface area contributed by atoms with Gasteiger partial charge in [-0.2, -0.15) is 0 Å². The Hall–Kier alpha value is -3.81. The Bertz CT molecular complexity index is 1450. The van der Waals surface area contributed by atoms with E-state index in [1.165, 1.54) is 25.0 Å². The third-order valence-corrected chi connectivity index (χ3v) is 9.39. The molecule has 5 nitrogen and oxygen atoms in total. The Morgan fingerprint density at radius 3 is 2.26 bits per heavy atom. The van der Waals surface area contributed by atoms with Gasteiger partial charge in [0.2, 0.25) is 5.91 Å². The molecule has 4 atom stereocenters. The Morgan fingerprint density at radius 1 is 0.810 bits per heavy atom. The Balaban J connectivity index is 1.39. The molecule has 3 aliphatic rings. The number of carbonyl (C=O) groups excluding carboxylic acids is 2. The predicted octanol–water partition coefficient (Wildman–Crippen LogP) is 7.78. The smallest absolute Gasteiger partial charge is 0.257 e. The van der Waals surface area contributed by atoms with Crippen LogP contribution in [-0.2, 0) is 4.79 Å². The van der Waals surface area contributed by atoms with E-state index in [0.717, 1.165) is 55.5 Å². The molecule has 3 aromatic carbocycles. The van der Waals surface area contributed by atoms with Crippen molar-refractivity contribution in [2.45, 2.75) is 76.4 Å². The molecule has 2 aliphatic carbocycles. The number of halogens is 3. The highest BCUT2D eigenvalue weighted by atomic mass is 19.2. The molecule has 0 aromatic heterocycles. The lowest BCUT2D eigenvalue weighted by Crippen LogP contribution is -2.54. The summed E-state index contributed by atoms with van der Waals surface area (Å²) in [5.41, 5.74) is 2.47. The maximum atomic E-state index is 15.2. The number of nitrogens with zero attached hydrogens (tertiary/aromatic N) is 1. The van der Waals surface area contributed by atoms with Gasteiger partial charge in [0.05, 0.1) is 17.5 Å². The van der Waals surface area contributed by atoms with Crippen molar-refractivity contribution in [1.82, 2.24) is 4.90 Å². The van der Waals surface area contributed by atoms with Crippen LogP contribution in [0, 0.1) is 36.2 Å². The van der Waals surface area contributed by atoms with Gasteiger partial charge in [0.1, 0.15) is 5.82 Å². The van der Waals surface area contributed by atoms with Gasteiger partial charge in [-0.25, -0.2) is 13.2 Å². The largest absolute Gasteiger partial charge is 0.382 e. The number of carbonyl (C=O) groups is 2. The van der Waals surface area contributed by atoms with Gasteiger partial charge in [-0.3, -0.25) is 9.59 Å². The van der Waals surface area contributed by atoms with Crippen LogP contribution in [0.15, 0.2) is 60.7 Å². The number of hydrogen-bond donors (Lipinski definition) is 2. The molecular formula is C34H36F3N3O2. The normalized spacial score (nSPS) is 24.0. The second kappa shape index (κ2) is 11.8. The average Bonchev–Trinajstić information content (AvgIpc) is 3.66. The van der Waals surface area contributed by atoms with Crippen molar-refractivity contribution in [2.24, 2.45) is 11.8 Å². The third kappa shape index (κ3) is 5.51. The van der Waals surface area contributed by atoms with Gasteiger partial charge in [0.25, 0.3) is 5.91 Å². The zero-order valence-corrected chi connectivity index (χ0v) is 23.7. The number of aryl methyl sites for hydroxylation is 1. The van der Waals surface area contributed by atoms with Crippen molar-refractivity contribution in [3.8, 4) is 0 Å². The zero-order chi connectivity index (χ0) is 29.4. The van der Waals surface area contributed by atoms with E-state index in [0.29, 0.717) is 18.0 Å². The van der Waals surface area contributed by atoms with Gasteiger partial charge in [-0.15, -0.1) is 0 Å². The maximum Gasteiger partial charge on any atom is 0.257 e. The van der Waals surface area contributed by atoms with E-state index < -0.39 is 35.3 Å². The second-order valence-electron chi connectivity index (χ2n) is 12.1. The molecule has 1 aliphatic heterocycles. The molecule has 0 bridgehead atoms. The van der Waals surface area contributed by atoms with Gasteiger partial charge < -0.3 is 15.5 Å². The number of rotatable bonds is 6. The third-order valence-electron chi connectivity index (χ3n) is 9.39. The summed E-state index contributed by atoms with van der Waals surface area (Å²) in [6, 6.07) is 15.3. The zero-order valence-electron chi connectivity index (χ0n) is 23.7. The van der Waals surface area contributed by atoms with Crippen molar-refractivity contribution < 1.29 is 22.8 Å². The van der Waals surface area contributed by atoms with E-state index in [1.54, 1.807) is 24.0 Å². The van der Waals surface area contributed by atoms with Crippen LogP contribution in [0.5, 0.6) is 0 Å². The number of likely N-dealkylation sites (tertiary alicyclic amines) is 1. The molecule has 4 unspecified atom stereocenters. The van der Waals surface area contributed by atoms with Crippen molar-refractivity contribution in [3.05, 3.63) is 94.8 Å². The Labute approximate surface area is 244 Å². The number of fused-ring (bicyclic) bond motifs is 1. The number of hydrogen-bond acceptors (Lipinski definition) is 3. The molecule has 0 spiro atoms. The van der Waals surface area contributed by atoms with E-state index in [-0.39, 0.29) is 29.1 Å². The van der Waals surface area contributed by atoms with Gasteiger partial charge in [0, 0.05) is 29.5 Å². The number of nitrogens with one attached hydrogen (secondary N) is 2. The van der Waals surface area contributed by atoms with Gasteiger partial charge in [-0.1, -0.05) is 43.5 Å². The van der Waals surface area contributed by atoms with Gasteiger partial charge in [-0.05, 0) is 86.4 Å². The Morgan fingerprint density at radius 2 is 1.55 bits per heavy atom. The van der Waals surface area contributed by atoms with Crippen molar-refractivity contribution in [2.75, 3.05) is 10.6 Å². The minimum Gasteiger partial charge on any atom is -0.382 e. The van der Waals surface area contributed by atoms with Crippen molar-refractivity contribution >= 4 is 23.2 Å². The van der Waals surface area contributed by atoms with E-state index in [2.05, 4.69) is 10.6 Å². The van der Waals surface area contributed by atoms with Crippen LogP contribution in [0.3, 0.4) is 0 Å². The minimum atomic E-state index is -1.05. The highest BCUT2D eigenvalue weighted by Gasteiger charge is 2.50. The van der Waals surface area contributed by atoms with E-state index >= 15 is 4.39 Å². The van der Waals surface area contributed by atoms with Gasteiger partial charge >= 0.3 is 0 Å². The van der Waals surface area contributed by atoms with Crippen LogP contribution >= 0.6 is 0 Å². The van der Waals surface area contributed by atoms with Gasteiger partial charge in [0.15, 0.2) is 11.6 Å². The molecule has 2 N–H and O–H groups in total. The number of piperidine rings is 1. The van der Waals surface area contributed by atoms with Crippen LogP contribution < -0.4 is 10.6 Å². The summed E-state index contributed by atoms with van der Waals surface area (Å²) in [6.07, 6.45) is 7.75. The fraction of sp³-hybridized carbons (Fsp3) is 0.412. The molecule has 42 heavy (non-hydrogen) atoms. The highest BCUT2D eigenvalue weighted by molar-refractivity contribution is 5.98. The fourth-order valence-electron chi connectivity index (χ4n) is 7.36. The van der Waals surface area contributed by atoms with Crippen molar-refractivity contribution in [1.29, 1.82) is 0 Å². The number of anilines is 2. The molecule has 3 aromatic rings. The van der Waals surface area contributed by atoms with E-state index in [4.69, 9.17) is 0 Å². The molecule has 8 heteroatoms. The number of benzene rings is 3. The van der Waals surface area contributed by atoms with Crippen molar-refractivity contribution in [3.63, 3.8) is 0 Å². The maximum absolute atomic E-state index is 15.2. The summed E-state index contributed by atoms with van der Waals surface area (Å²) in [6.45, 7) is 1.72. The summed E-state index contributed by atoms with van der Waals surface area (Å²) in [5, 5.41) is 6.35. The summed E-state index contributed by atoms with van der Waals surface area (Å²) in [5.74, 6) is -4.05. The molecule has 1 heterocycles. The first-order valence-electron chi connectivity index (χ1n) is 15.0. The molecule has 6 rings (SSSR count). The Kier molecular flexibility index (Phi) is 7.97. The topological polar surface area (TPSA) is 61.4 Å². The monoisotopic (exact) mass is 575 g/mol. The average molecular weight is 576 g/mol. The molecule has 2 amide bonds. The molecule has 3 fully saturated rings. The van der Waals surface area contributed by atoms with E-state index in [1.807, 2.05) is 24.3 Å². The lowest BCUT2D eigenvalue weighted by atomic mass is 9.76. The highest BCUT2D eigenvalue weighted by Crippen LogP contribution is 2.49. The van der Waals surface area contributed by atoms with Crippen LogP contribution in [-0.4, -0.2) is 28.8 Å². The lowest BCUT2D eigenvalue weighted by Gasteiger charge is -2.48. The predicted molar refractivity (Wildman–Crippen MR) is 157 cm³/mol. The SMILES string of the molecule is Cc1cccc(F)c1C(=O)N1C2CCCC2CC(C(=O)Nc2ccc(F)c(F)c2)C1c1ccc(NC2CCCC2)cc1. The summed E-state index contributed by atoms with van der Waals surface area (Å²) < 4.78 is 42.8. The van der Waals surface area contributed by atoms with Crippen LogP contribution in [0.1, 0.15) is 78.9 Å². The molecular weight excluding hydrogens is 539 g/mol. The fourth-order valence-corrected chi connectivity index (χ4v) is 7.36. The summed E-state index contributed by atoms with van der Waals surface area (Å²) >= 11 is 0. The summed E-state index contributed by atoms with van der Waals surface area (Å²) in [4.78, 5) is 30.0. The van der Waals surface area contributed by atoms with Crippen LogP contribution in [0.2, 0.25) is 0 Å². The first kappa shape index (κ1) is 28.3. The van der Waals surface area contributed by atoms with Crippen LogP contribution in [0.4, 0.5) is 24.5 Å². The molecule has 220 valence electrons. The standard InChI is InChI=1S/C34H36F3N3O2/c1-20-6-4-10-28(36)31(20)34(42)40-30-11-5-7-22(30)18-26(33(41)39-25-16-17-27(35)29(37)19-25)32(40)21-12-14-24(15-13-21)38-23-8-2-3-9-23/h4,6,10,12-17,19,22-23,26,30,32,38H,2-3,5,7-9,11,18H2,1H3,(H,39,41). The van der Waals surface area contributed by atoms with E-state index in [9.17, 15) is 18.4 Å². The quantitative estimate of drug-likeness (QED) is 0.316. The lowest BCUT2D eigenvalue weighted by molar-refractivity contribution is -0.125. The second-order valence-corrected chi connectivity index (χ2v) is 12.1. The first-order chi connectivity index (χ1) is 20.3. The first-order valence-corrected chi connectivity index (χ1v) is 15.0. The van der Waals surface area contributed by atoms with Crippen LogP contribution in [0.25, 0.3) is 0 Å². The molecule has 2 saturated carbocycles.